The molecule has 1 aromatic rings. The summed E-state index contributed by atoms with van der Waals surface area (Å²) in [6.45, 7) is 2.88. The molecular weight excluding hydrogens is 210 g/mol. The van der Waals surface area contributed by atoms with Gasteiger partial charge in [0.2, 0.25) is 0 Å². The molecular formula is C15H23NO. The summed E-state index contributed by atoms with van der Waals surface area (Å²) in [6, 6.07) is 10.7. The minimum Gasteiger partial charge on any atom is -0.381 e. The normalized spacial score (nSPS) is 17.0. The Balaban J connectivity index is 1.74. The molecule has 1 N–H and O–H groups in total. The zero-order valence-corrected chi connectivity index (χ0v) is 10.7. The van der Waals surface area contributed by atoms with Crippen LogP contribution in [0.1, 0.15) is 18.4 Å². The molecule has 1 aliphatic carbocycles. The van der Waals surface area contributed by atoms with Crippen molar-refractivity contribution in [2.45, 2.75) is 19.3 Å². The predicted octanol–water partition coefficient (Wildman–Crippen LogP) is 2.49. The number of benzene rings is 1. The van der Waals surface area contributed by atoms with E-state index in [0.717, 1.165) is 32.1 Å². The van der Waals surface area contributed by atoms with E-state index in [1.54, 1.807) is 0 Å². The summed E-state index contributed by atoms with van der Waals surface area (Å²) in [7, 11) is 2.01. The highest BCUT2D eigenvalue weighted by Crippen LogP contribution is 2.28. The molecule has 1 atom stereocenters. The average molecular weight is 233 g/mol. The second kappa shape index (κ2) is 6.77. The minimum atomic E-state index is 0.584. The van der Waals surface area contributed by atoms with Gasteiger partial charge in [-0.2, -0.15) is 0 Å². The maximum atomic E-state index is 5.80. The van der Waals surface area contributed by atoms with E-state index < -0.39 is 0 Å². The highest BCUT2D eigenvalue weighted by atomic mass is 16.5. The molecule has 17 heavy (non-hydrogen) atoms. The molecule has 0 amide bonds. The summed E-state index contributed by atoms with van der Waals surface area (Å²) >= 11 is 0. The van der Waals surface area contributed by atoms with Crippen LogP contribution in [0.25, 0.3) is 0 Å². The van der Waals surface area contributed by atoms with Gasteiger partial charge in [0, 0.05) is 13.2 Å². The standard InChI is InChI=1S/C15H23NO/c1-16-10-15(12-17-11-14-7-8-14)9-13-5-3-2-4-6-13/h2-6,14-16H,7-12H2,1H3. The Morgan fingerprint density at radius 3 is 2.71 bits per heavy atom. The summed E-state index contributed by atoms with van der Waals surface area (Å²) in [6.07, 6.45) is 3.84. The molecule has 1 unspecified atom stereocenters. The Morgan fingerprint density at radius 1 is 1.29 bits per heavy atom. The van der Waals surface area contributed by atoms with Crippen LogP contribution in [-0.4, -0.2) is 26.8 Å². The average Bonchev–Trinajstić information content (AvgIpc) is 3.15. The van der Waals surface area contributed by atoms with Crippen molar-refractivity contribution in [1.82, 2.24) is 5.32 Å². The molecule has 0 aliphatic heterocycles. The molecule has 0 heterocycles. The van der Waals surface area contributed by atoms with Crippen molar-refractivity contribution in [3.05, 3.63) is 35.9 Å². The Labute approximate surface area is 104 Å². The van der Waals surface area contributed by atoms with Crippen LogP contribution in [0.3, 0.4) is 0 Å². The zero-order valence-electron chi connectivity index (χ0n) is 10.7. The van der Waals surface area contributed by atoms with Gasteiger partial charge in [-0.05, 0) is 43.7 Å². The van der Waals surface area contributed by atoms with Gasteiger partial charge in [-0.25, -0.2) is 0 Å². The largest absolute Gasteiger partial charge is 0.381 e. The fraction of sp³-hybridized carbons (Fsp3) is 0.600. The third-order valence-corrected chi connectivity index (χ3v) is 3.26. The van der Waals surface area contributed by atoms with E-state index in [-0.39, 0.29) is 0 Å². The molecule has 1 aliphatic rings. The third-order valence-electron chi connectivity index (χ3n) is 3.26. The van der Waals surface area contributed by atoms with E-state index in [2.05, 4.69) is 35.6 Å². The summed E-state index contributed by atoms with van der Waals surface area (Å²) in [5, 5.41) is 3.26. The number of rotatable bonds is 8. The van der Waals surface area contributed by atoms with Crippen LogP contribution in [0.5, 0.6) is 0 Å². The van der Waals surface area contributed by atoms with Gasteiger partial charge in [-0.15, -0.1) is 0 Å². The van der Waals surface area contributed by atoms with E-state index in [1.165, 1.54) is 18.4 Å². The van der Waals surface area contributed by atoms with Crippen LogP contribution < -0.4 is 5.32 Å². The molecule has 0 bridgehead atoms. The van der Waals surface area contributed by atoms with Crippen LogP contribution >= 0.6 is 0 Å². The van der Waals surface area contributed by atoms with Crippen LogP contribution in [0.2, 0.25) is 0 Å². The molecule has 2 nitrogen and oxygen atoms in total. The molecule has 1 saturated carbocycles. The highest BCUT2D eigenvalue weighted by Gasteiger charge is 2.21. The first-order valence-corrected chi connectivity index (χ1v) is 6.64. The first-order valence-electron chi connectivity index (χ1n) is 6.64. The first-order chi connectivity index (χ1) is 8.38. The van der Waals surface area contributed by atoms with Crippen LogP contribution in [0, 0.1) is 11.8 Å². The van der Waals surface area contributed by atoms with Gasteiger partial charge in [0.25, 0.3) is 0 Å². The van der Waals surface area contributed by atoms with Crippen molar-refractivity contribution in [3.63, 3.8) is 0 Å². The lowest BCUT2D eigenvalue weighted by atomic mass is 10.00. The summed E-state index contributed by atoms with van der Waals surface area (Å²) < 4.78 is 5.80. The Bertz CT molecular complexity index is 308. The fourth-order valence-electron chi connectivity index (χ4n) is 2.11. The monoisotopic (exact) mass is 233 g/mol. The molecule has 1 fully saturated rings. The second-order valence-electron chi connectivity index (χ2n) is 5.09. The van der Waals surface area contributed by atoms with E-state index in [0.29, 0.717) is 5.92 Å². The second-order valence-corrected chi connectivity index (χ2v) is 5.09. The molecule has 0 spiro atoms. The minimum absolute atomic E-state index is 0.584. The van der Waals surface area contributed by atoms with Crippen molar-refractivity contribution in [3.8, 4) is 0 Å². The fourth-order valence-corrected chi connectivity index (χ4v) is 2.11. The number of hydrogen-bond donors (Lipinski definition) is 1. The summed E-state index contributed by atoms with van der Waals surface area (Å²) in [4.78, 5) is 0. The Kier molecular flexibility index (Phi) is 5.02. The molecule has 1 aromatic carbocycles. The predicted molar refractivity (Wildman–Crippen MR) is 71.1 cm³/mol. The highest BCUT2D eigenvalue weighted by molar-refractivity contribution is 5.15. The lowest BCUT2D eigenvalue weighted by Crippen LogP contribution is -2.25. The summed E-state index contributed by atoms with van der Waals surface area (Å²) in [5.74, 6) is 1.45. The Morgan fingerprint density at radius 2 is 2.06 bits per heavy atom. The summed E-state index contributed by atoms with van der Waals surface area (Å²) in [5.41, 5.74) is 1.41. The van der Waals surface area contributed by atoms with Gasteiger partial charge in [-0.3, -0.25) is 0 Å². The number of hydrogen-bond acceptors (Lipinski definition) is 2. The van der Waals surface area contributed by atoms with Crippen LogP contribution in [0.4, 0.5) is 0 Å². The zero-order chi connectivity index (χ0) is 11.9. The van der Waals surface area contributed by atoms with Crippen molar-refractivity contribution in [2.24, 2.45) is 11.8 Å². The van der Waals surface area contributed by atoms with Gasteiger partial charge in [0.15, 0.2) is 0 Å². The van der Waals surface area contributed by atoms with Crippen LogP contribution in [0.15, 0.2) is 30.3 Å². The van der Waals surface area contributed by atoms with Crippen molar-refractivity contribution in [1.29, 1.82) is 0 Å². The van der Waals surface area contributed by atoms with Gasteiger partial charge in [0.1, 0.15) is 0 Å². The van der Waals surface area contributed by atoms with E-state index in [1.807, 2.05) is 7.05 Å². The van der Waals surface area contributed by atoms with Crippen molar-refractivity contribution >= 4 is 0 Å². The maximum Gasteiger partial charge on any atom is 0.0509 e. The Hall–Kier alpha value is -0.860. The van der Waals surface area contributed by atoms with Gasteiger partial charge >= 0.3 is 0 Å². The van der Waals surface area contributed by atoms with Crippen molar-refractivity contribution in [2.75, 3.05) is 26.8 Å². The first kappa shape index (κ1) is 12.6. The number of ether oxygens (including phenoxy) is 1. The topological polar surface area (TPSA) is 21.3 Å². The SMILES string of the molecule is CNCC(COCC1CC1)Cc1ccccc1. The van der Waals surface area contributed by atoms with E-state index >= 15 is 0 Å². The van der Waals surface area contributed by atoms with E-state index in [4.69, 9.17) is 4.74 Å². The lowest BCUT2D eigenvalue weighted by Gasteiger charge is -2.16. The quantitative estimate of drug-likeness (QED) is 0.745. The van der Waals surface area contributed by atoms with Gasteiger partial charge < -0.3 is 10.1 Å². The van der Waals surface area contributed by atoms with E-state index in [9.17, 15) is 0 Å². The molecule has 2 rings (SSSR count). The molecule has 0 saturated heterocycles. The maximum absolute atomic E-state index is 5.80. The molecule has 94 valence electrons. The number of nitrogens with one attached hydrogen (secondary N) is 1. The molecule has 0 radical (unpaired) electrons. The molecule has 2 heteroatoms. The molecule has 0 aromatic heterocycles. The third kappa shape index (κ3) is 4.88. The lowest BCUT2D eigenvalue weighted by molar-refractivity contribution is 0.0913. The smallest absolute Gasteiger partial charge is 0.0509 e. The van der Waals surface area contributed by atoms with Gasteiger partial charge in [-0.1, -0.05) is 30.3 Å². The van der Waals surface area contributed by atoms with Crippen LogP contribution in [-0.2, 0) is 11.2 Å². The van der Waals surface area contributed by atoms with Gasteiger partial charge in [0.05, 0.1) is 6.61 Å². The van der Waals surface area contributed by atoms with Crippen molar-refractivity contribution < 1.29 is 4.74 Å².